The summed E-state index contributed by atoms with van der Waals surface area (Å²) in [7, 11) is 3.67. The van der Waals surface area contributed by atoms with Crippen molar-refractivity contribution in [3.8, 4) is 0 Å². The van der Waals surface area contributed by atoms with E-state index in [9.17, 15) is 14.7 Å². The lowest BCUT2D eigenvalue weighted by atomic mass is 10.1. The Hall–Kier alpha value is -2.04. The average Bonchev–Trinajstić information content (AvgIpc) is 2.36. The molecule has 0 bridgehead atoms. The van der Waals surface area contributed by atoms with Crippen molar-refractivity contribution in [2.75, 3.05) is 24.3 Å². The first-order valence-electron chi connectivity index (χ1n) is 6.30. The summed E-state index contributed by atoms with van der Waals surface area (Å²) in [5.74, 6) is -1.20. The van der Waals surface area contributed by atoms with E-state index in [4.69, 9.17) is 0 Å². The van der Waals surface area contributed by atoms with Gasteiger partial charge >= 0.3 is 5.97 Å². The summed E-state index contributed by atoms with van der Waals surface area (Å²) in [5.41, 5.74) is 1.24. The van der Waals surface area contributed by atoms with Crippen LogP contribution >= 0.6 is 0 Å². The van der Waals surface area contributed by atoms with Crippen molar-refractivity contribution in [2.45, 2.75) is 26.2 Å². The van der Waals surface area contributed by atoms with Crippen LogP contribution in [0.15, 0.2) is 18.2 Å². The van der Waals surface area contributed by atoms with E-state index in [-0.39, 0.29) is 11.5 Å². The number of carboxylic acids is 1. The van der Waals surface area contributed by atoms with E-state index in [1.165, 1.54) is 0 Å². The van der Waals surface area contributed by atoms with Crippen molar-refractivity contribution >= 4 is 23.3 Å². The van der Waals surface area contributed by atoms with Crippen LogP contribution in [0.1, 0.15) is 36.5 Å². The molecular formula is C14H20N2O3. The number of amides is 1. The van der Waals surface area contributed by atoms with Gasteiger partial charge in [0, 0.05) is 26.2 Å². The minimum atomic E-state index is -1.05. The van der Waals surface area contributed by atoms with Crippen LogP contribution in [0, 0.1) is 0 Å². The van der Waals surface area contributed by atoms with E-state index in [0.717, 1.165) is 18.5 Å². The molecule has 0 aromatic heterocycles. The second-order valence-corrected chi connectivity index (χ2v) is 4.58. The van der Waals surface area contributed by atoms with Crippen LogP contribution in [-0.4, -0.2) is 31.1 Å². The Morgan fingerprint density at radius 3 is 2.53 bits per heavy atom. The summed E-state index contributed by atoms with van der Waals surface area (Å²) in [5, 5.41) is 11.8. The number of carbonyl (C=O) groups is 2. The van der Waals surface area contributed by atoms with Crippen LogP contribution in [0.4, 0.5) is 11.4 Å². The Morgan fingerprint density at radius 2 is 2.00 bits per heavy atom. The molecule has 1 rings (SSSR count). The van der Waals surface area contributed by atoms with Gasteiger partial charge in [0.05, 0.1) is 11.3 Å². The lowest BCUT2D eigenvalue weighted by molar-refractivity contribution is -0.116. The second kappa shape index (κ2) is 6.78. The topological polar surface area (TPSA) is 69.6 Å². The molecule has 5 nitrogen and oxygen atoms in total. The summed E-state index contributed by atoms with van der Waals surface area (Å²) < 4.78 is 0. The minimum Gasteiger partial charge on any atom is -0.478 e. The van der Waals surface area contributed by atoms with Gasteiger partial charge in [-0.05, 0) is 24.6 Å². The Labute approximate surface area is 113 Å². The van der Waals surface area contributed by atoms with Gasteiger partial charge in [-0.15, -0.1) is 0 Å². The number of hydrogen-bond donors (Lipinski definition) is 2. The fourth-order valence-corrected chi connectivity index (χ4v) is 1.65. The molecule has 1 aromatic rings. The number of hydrogen-bond acceptors (Lipinski definition) is 3. The highest BCUT2D eigenvalue weighted by Crippen LogP contribution is 2.22. The molecule has 0 saturated carbocycles. The molecule has 0 fully saturated rings. The molecule has 0 saturated heterocycles. The van der Waals surface area contributed by atoms with E-state index in [2.05, 4.69) is 5.32 Å². The third-order valence-corrected chi connectivity index (χ3v) is 2.78. The summed E-state index contributed by atoms with van der Waals surface area (Å²) in [6, 6.07) is 4.96. The van der Waals surface area contributed by atoms with Crippen molar-refractivity contribution in [2.24, 2.45) is 0 Å². The van der Waals surface area contributed by atoms with Gasteiger partial charge in [-0.1, -0.05) is 13.3 Å². The van der Waals surface area contributed by atoms with Gasteiger partial charge in [-0.3, -0.25) is 4.79 Å². The maximum Gasteiger partial charge on any atom is 0.337 e. The van der Waals surface area contributed by atoms with Crippen molar-refractivity contribution in [1.29, 1.82) is 0 Å². The first-order chi connectivity index (χ1) is 8.95. The molecule has 5 heteroatoms. The SMILES string of the molecule is CCCCC(=O)Nc1ccc(N(C)C)cc1C(=O)O. The number of rotatable bonds is 6. The molecule has 0 atom stereocenters. The average molecular weight is 264 g/mol. The smallest absolute Gasteiger partial charge is 0.337 e. The molecule has 104 valence electrons. The summed E-state index contributed by atoms with van der Waals surface area (Å²) >= 11 is 0. The van der Waals surface area contributed by atoms with Crippen molar-refractivity contribution < 1.29 is 14.7 Å². The predicted molar refractivity (Wildman–Crippen MR) is 75.9 cm³/mol. The lowest BCUT2D eigenvalue weighted by Gasteiger charge is -2.15. The second-order valence-electron chi connectivity index (χ2n) is 4.58. The van der Waals surface area contributed by atoms with Crippen molar-refractivity contribution in [3.05, 3.63) is 23.8 Å². The fraction of sp³-hybridized carbons (Fsp3) is 0.429. The number of nitrogens with zero attached hydrogens (tertiary/aromatic N) is 1. The maximum absolute atomic E-state index is 11.7. The number of benzene rings is 1. The maximum atomic E-state index is 11.7. The van der Waals surface area contributed by atoms with Crippen LogP contribution in [0.2, 0.25) is 0 Å². The molecule has 0 unspecified atom stereocenters. The van der Waals surface area contributed by atoms with Crippen molar-refractivity contribution in [1.82, 2.24) is 0 Å². The van der Waals surface area contributed by atoms with Gasteiger partial charge in [0.25, 0.3) is 0 Å². The molecule has 0 aliphatic heterocycles. The van der Waals surface area contributed by atoms with Gasteiger partial charge in [0.1, 0.15) is 0 Å². The number of anilines is 2. The van der Waals surface area contributed by atoms with Gasteiger partial charge in [-0.2, -0.15) is 0 Å². The van der Waals surface area contributed by atoms with E-state index < -0.39 is 5.97 Å². The highest BCUT2D eigenvalue weighted by molar-refractivity contribution is 6.01. The Balaban J connectivity index is 2.94. The number of nitrogens with one attached hydrogen (secondary N) is 1. The molecule has 1 amide bonds. The molecule has 0 radical (unpaired) electrons. The van der Waals surface area contributed by atoms with E-state index >= 15 is 0 Å². The zero-order valence-corrected chi connectivity index (χ0v) is 11.6. The third-order valence-electron chi connectivity index (χ3n) is 2.78. The van der Waals surface area contributed by atoms with E-state index in [1.807, 2.05) is 25.9 Å². The summed E-state index contributed by atoms with van der Waals surface area (Å²) in [6.07, 6.45) is 2.13. The third kappa shape index (κ3) is 4.28. The van der Waals surface area contributed by atoms with Gasteiger partial charge in [0.2, 0.25) is 5.91 Å². The van der Waals surface area contributed by atoms with Crippen LogP contribution in [-0.2, 0) is 4.79 Å². The molecule has 19 heavy (non-hydrogen) atoms. The zero-order chi connectivity index (χ0) is 14.4. The molecule has 0 heterocycles. The van der Waals surface area contributed by atoms with Crippen LogP contribution < -0.4 is 10.2 Å². The molecular weight excluding hydrogens is 244 g/mol. The summed E-state index contributed by atoms with van der Waals surface area (Å²) in [6.45, 7) is 2.00. The number of unbranched alkanes of at least 4 members (excludes halogenated alkanes) is 1. The van der Waals surface area contributed by atoms with Crippen LogP contribution in [0.5, 0.6) is 0 Å². The standard InChI is InChI=1S/C14H20N2O3/c1-4-5-6-13(17)15-12-8-7-10(16(2)3)9-11(12)14(18)19/h7-9H,4-6H2,1-3H3,(H,15,17)(H,18,19). The van der Waals surface area contributed by atoms with E-state index in [1.54, 1.807) is 18.2 Å². The van der Waals surface area contributed by atoms with E-state index in [0.29, 0.717) is 12.1 Å². The first-order valence-corrected chi connectivity index (χ1v) is 6.30. The molecule has 0 aliphatic carbocycles. The highest BCUT2D eigenvalue weighted by Gasteiger charge is 2.13. The summed E-state index contributed by atoms with van der Waals surface area (Å²) in [4.78, 5) is 24.7. The molecule has 0 spiro atoms. The van der Waals surface area contributed by atoms with Crippen LogP contribution in [0.3, 0.4) is 0 Å². The number of carboxylic acid groups (broad SMARTS) is 1. The fourth-order valence-electron chi connectivity index (χ4n) is 1.65. The normalized spacial score (nSPS) is 10.1. The Morgan fingerprint density at radius 1 is 1.32 bits per heavy atom. The van der Waals surface area contributed by atoms with Crippen LogP contribution in [0.25, 0.3) is 0 Å². The predicted octanol–water partition coefficient (Wildman–Crippen LogP) is 2.58. The van der Waals surface area contributed by atoms with Crippen molar-refractivity contribution in [3.63, 3.8) is 0 Å². The monoisotopic (exact) mass is 264 g/mol. The number of carbonyl (C=O) groups excluding carboxylic acids is 1. The largest absolute Gasteiger partial charge is 0.478 e. The zero-order valence-electron chi connectivity index (χ0n) is 11.6. The molecule has 2 N–H and O–H groups in total. The minimum absolute atomic E-state index is 0.107. The van der Waals surface area contributed by atoms with Gasteiger partial charge in [-0.25, -0.2) is 4.79 Å². The molecule has 0 aliphatic rings. The first kappa shape index (κ1) is 15.0. The Bertz CT molecular complexity index is 470. The van der Waals surface area contributed by atoms with Gasteiger partial charge in [0.15, 0.2) is 0 Å². The highest BCUT2D eigenvalue weighted by atomic mass is 16.4. The van der Waals surface area contributed by atoms with Gasteiger partial charge < -0.3 is 15.3 Å². The Kier molecular flexibility index (Phi) is 5.36. The quantitative estimate of drug-likeness (QED) is 0.828. The molecule has 1 aromatic carbocycles. The lowest BCUT2D eigenvalue weighted by Crippen LogP contribution is -2.15. The number of aromatic carboxylic acids is 1.